The summed E-state index contributed by atoms with van der Waals surface area (Å²) in [5.41, 5.74) is 0.602. The smallest absolute Gasteiger partial charge is 0.418 e. The molecule has 2 aliphatic heterocycles. The minimum absolute atomic E-state index is 0.573. The zero-order chi connectivity index (χ0) is 16.1. The van der Waals surface area contributed by atoms with E-state index >= 15 is 0 Å². The predicted molar refractivity (Wildman–Crippen MR) is 80.0 cm³/mol. The van der Waals surface area contributed by atoms with Crippen LogP contribution in [-0.2, 0) is 4.57 Å². The molecule has 2 fully saturated rings. The molecule has 0 radical (unpaired) electrons. The molecule has 0 aromatic heterocycles. The third kappa shape index (κ3) is 5.94. The largest absolute Gasteiger partial charge is 0.673 e. The lowest BCUT2D eigenvalue weighted by Crippen LogP contribution is -3.14. The first-order chi connectivity index (χ1) is 9.74. The number of nitrogens with one attached hydrogen (secondary N) is 1. The van der Waals surface area contributed by atoms with Crippen LogP contribution < -0.4 is 4.90 Å². The fraction of sp³-hybridized carbons (Fsp3) is 1.00. The van der Waals surface area contributed by atoms with Gasteiger partial charge in [-0.15, -0.1) is 0 Å². The maximum absolute atomic E-state index is 12.7. The Kier molecular flexibility index (Phi) is 7.25. The fourth-order valence-electron chi connectivity index (χ4n) is 3.54. The first kappa shape index (κ1) is 19.0. The second kappa shape index (κ2) is 8.00. The Morgan fingerprint density at radius 1 is 1.10 bits per heavy atom. The predicted octanol–water partition coefficient (Wildman–Crippen LogP) is 3.64. The Balaban J connectivity index is 0.000000383. The summed E-state index contributed by atoms with van der Waals surface area (Å²) < 4.78 is 51.7. The Morgan fingerprint density at radius 3 is 2.05 bits per heavy atom. The molecular formula is C13H27BF4NOP. The molecule has 0 aromatic rings. The first-order valence-corrected chi connectivity index (χ1v) is 10.1. The molecule has 0 aromatic carbocycles. The van der Waals surface area contributed by atoms with Crippen LogP contribution in [0.15, 0.2) is 0 Å². The van der Waals surface area contributed by atoms with Gasteiger partial charge in [-0.2, -0.15) is 0 Å². The van der Waals surface area contributed by atoms with E-state index in [1.165, 1.54) is 51.6 Å². The van der Waals surface area contributed by atoms with Gasteiger partial charge in [0.2, 0.25) is 0 Å². The molecule has 0 saturated carbocycles. The summed E-state index contributed by atoms with van der Waals surface area (Å²) in [6, 6.07) is 0. The van der Waals surface area contributed by atoms with Crippen LogP contribution in [0.25, 0.3) is 0 Å². The van der Waals surface area contributed by atoms with E-state index in [1.54, 1.807) is 4.90 Å². The molecule has 0 bridgehead atoms. The van der Waals surface area contributed by atoms with Crippen molar-refractivity contribution in [2.45, 2.75) is 63.8 Å². The molecule has 8 heteroatoms. The third-order valence-corrected chi connectivity index (χ3v) is 8.56. The van der Waals surface area contributed by atoms with Gasteiger partial charge in [-0.25, -0.2) is 0 Å². The Morgan fingerprint density at radius 2 is 1.62 bits per heavy atom. The Hall–Kier alpha value is -0.0251. The van der Waals surface area contributed by atoms with Crippen molar-refractivity contribution in [2.24, 2.45) is 0 Å². The minimum Gasteiger partial charge on any atom is -0.418 e. The molecule has 126 valence electrons. The SMILES string of the molecule is CCCCC1C([NH+]2CCCCC2)P1(=O)CC.F[B-](F)(F)F. The molecule has 21 heavy (non-hydrogen) atoms. The number of halogens is 4. The van der Waals surface area contributed by atoms with E-state index < -0.39 is 14.4 Å². The van der Waals surface area contributed by atoms with Crippen LogP contribution in [0.3, 0.4) is 0 Å². The van der Waals surface area contributed by atoms with Crippen molar-refractivity contribution in [1.29, 1.82) is 0 Å². The average molecular weight is 331 g/mol. The molecule has 3 unspecified atom stereocenters. The third-order valence-electron chi connectivity index (χ3n) is 4.57. The van der Waals surface area contributed by atoms with Gasteiger partial charge in [0.1, 0.15) is 5.78 Å². The van der Waals surface area contributed by atoms with Crippen molar-refractivity contribution < 1.29 is 26.7 Å². The molecule has 0 spiro atoms. The normalized spacial score (nSPS) is 33.2. The van der Waals surface area contributed by atoms with E-state index in [1.807, 2.05) is 0 Å². The molecule has 3 atom stereocenters. The zero-order valence-electron chi connectivity index (χ0n) is 13.0. The quantitative estimate of drug-likeness (QED) is 0.464. The van der Waals surface area contributed by atoms with Crippen molar-refractivity contribution in [2.75, 3.05) is 19.3 Å². The van der Waals surface area contributed by atoms with Gasteiger partial charge < -0.3 is 26.7 Å². The van der Waals surface area contributed by atoms with Gasteiger partial charge in [-0.05, 0) is 25.7 Å². The highest BCUT2D eigenvalue weighted by Gasteiger charge is 2.65. The van der Waals surface area contributed by atoms with Gasteiger partial charge >= 0.3 is 7.25 Å². The first-order valence-electron chi connectivity index (χ1n) is 8.04. The highest BCUT2D eigenvalue weighted by atomic mass is 31.2. The Labute approximate surface area is 125 Å². The van der Waals surface area contributed by atoms with E-state index in [0.29, 0.717) is 11.4 Å². The van der Waals surface area contributed by atoms with Gasteiger partial charge in [-0.3, -0.25) is 0 Å². The average Bonchev–Trinajstić information content (AvgIpc) is 3.01. The molecule has 1 N–H and O–H groups in total. The lowest BCUT2D eigenvalue weighted by atomic mass is 10.1. The van der Waals surface area contributed by atoms with E-state index in [2.05, 4.69) is 13.8 Å². The summed E-state index contributed by atoms with van der Waals surface area (Å²) in [5, 5.41) is 0. The van der Waals surface area contributed by atoms with Crippen LogP contribution in [0.1, 0.15) is 52.4 Å². The van der Waals surface area contributed by atoms with Crippen LogP contribution >= 0.6 is 7.14 Å². The van der Waals surface area contributed by atoms with Crippen LogP contribution in [-0.4, -0.2) is 37.9 Å². The highest BCUT2D eigenvalue weighted by Crippen LogP contribution is 2.72. The lowest BCUT2D eigenvalue weighted by molar-refractivity contribution is -0.910. The molecule has 0 amide bonds. The van der Waals surface area contributed by atoms with Crippen LogP contribution in [0, 0.1) is 0 Å². The number of quaternary nitrogens is 1. The minimum atomic E-state index is -6.00. The summed E-state index contributed by atoms with van der Waals surface area (Å²) in [5.74, 6) is 0.573. The van der Waals surface area contributed by atoms with Crippen LogP contribution in [0.4, 0.5) is 17.3 Å². The van der Waals surface area contributed by atoms with Crippen LogP contribution in [0.5, 0.6) is 0 Å². The zero-order valence-corrected chi connectivity index (χ0v) is 13.9. The maximum atomic E-state index is 12.7. The molecule has 2 rings (SSSR count). The van der Waals surface area contributed by atoms with Gasteiger partial charge in [0, 0.05) is 6.16 Å². The van der Waals surface area contributed by atoms with Crippen LogP contribution in [0.2, 0.25) is 0 Å². The van der Waals surface area contributed by atoms with Gasteiger partial charge in [0.15, 0.2) is 7.14 Å². The van der Waals surface area contributed by atoms with Gasteiger partial charge in [-0.1, -0.05) is 26.7 Å². The Bertz CT molecular complexity index is 355. The van der Waals surface area contributed by atoms with E-state index in [0.717, 1.165) is 6.16 Å². The van der Waals surface area contributed by atoms with E-state index in [4.69, 9.17) is 0 Å². The van der Waals surface area contributed by atoms with Gasteiger partial charge in [0.25, 0.3) is 0 Å². The lowest BCUT2D eigenvalue weighted by Gasteiger charge is -2.23. The highest BCUT2D eigenvalue weighted by molar-refractivity contribution is 7.72. The van der Waals surface area contributed by atoms with E-state index in [-0.39, 0.29) is 0 Å². The topological polar surface area (TPSA) is 21.5 Å². The van der Waals surface area contributed by atoms with Crippen molar-refractivity contribution in [1.82, 2.24) is 0 Å². The van der Waals surface area contributed by atoms with Crippen molar-refractivity contribution in [3.63, 3.8) is 0 Å². The monoisotopic (exact) mass is 331 g/mol. The summed E-state index contributed by atoms with van der Waals surface area (Å²) in [4.78, 5) is 1.69. The number of piperidine rings is 1. The molecule has 2 heterocycles. The van der Waals surface area contributed by atoms with E-state index in [9.17, 15) is 21.8 Å². The molecule has 2 saturated heterocycles. The molecule has 0 aliphatic carbocycles. The molecule has 2 aliphatic rings. The number of hydrogen-bond donors (Lipinski definition) is 1. The number of unbranched alkanes of at least 4 members (excludes halogenated alkanes) is 1. The van der Waals surface area contributed by atoms with Crippen molar-refractivity contribution in [3.05, 3.63) is 0 Å². The summed E-state index contributed by atoms with van der Waals surface area (Å²) in [7, 11) is -7.75. The fourth-order valence-corrected chi connectivity index (χ4v) is 7.56. The number of rotatable bonds is 5. The standard InChI is InChI=1S/C13H26NOP.BF4/c1-3-5-9-12-13(16(12,15)4-2)14-10-7-6-8-11-14;2-1(3,4)5/h12-13H,3-11H2,1-2H3;/q;-1/p+1. The summed E-state index contributed by atoms with van der Waals surface area (Å²) >= 11 is 0. The molecule has 2 nitrogen and oxygen atoms in total. The number of likely N-dealkylation sites (tertiary alicyclic amines) is 1. The maximum Gasteiger partial charge on any atom is 0.673 e. The summed E-state index contributed by atoms with van der Waals surface area (Å²) in [6.45, 7) is 6.96. The number of hydrogen-bond acceptors (Lipinski definition) is 1. The molecular weight excluding hydrogens is 304 g/mol. The van der Waals surface area contributed by atoms with Crippen molar-refractivity contribution >= 4 is 14.4 Å². The summed E-state index contributed by atoms with van der Waals surface area (Å²) in [6.07, 6.45) is 8.82. The second-order valence-corrected chi connectivity index (χ2v) is 9.60. The second-order valence-electron chi connectivity index (χ2n) is 6.04. The van der Waals surface area contributed by atoms with Crippen molar-refractivity contribution in [3.8, 4) is 0 Å². The van der Waals surface area contributed by atoms with Gasteiger partial charge in [0.05, 0.1) is 18.7 Å².